The number of carbonyl (C=O) groups is 1. The van der Waals surface area contributed by atoms with E-state index in [-0.39, 0.29) is 11.5 Å². The molecule has 2 nitrogen and oxygen atoms in total. The Balaban J connectivity index is 2.12. The number of hydrogen-bond acceptors (Lipinski definition) is 1. The molecular formula is C15H19BrFNO. The molecule has 1 unspecified atom stereocenters. The topological polar surface area (TPSA) is 20.3 Å². The SMILES string of the molecule is Cc1ccc(F)c(C(=O)N2CCCC(CCBr)C2)c1. The molecule has 1 saturated heterocycles. The first-order valence-electron chi connectivity index (χ1n) is 6.73. The van der Waals surface area contributed by atoms with Gasteiger partial charge >= 0.3 is 0 Å². The van der Waals surface area contributed by atoms with Gasteiger partial charge in [0, 0.05) is 18.4 Å². The Labute approximate surface area is 122 Å². The van der Waals surface area contributed by atoms with Crippen LogP contribution in [0.2, 0.25) is 0 Å². The van der Waals surface area contributed by atoms with E-state index in [0.29, 0.717) is 5.92 Å². The highest BCUT2D eigenvalue weighted by molar-refractivity contribution is 9.09. The van der Waals surface area contributed by atoms with Gasteiger partial charge in [0.2, 0.25) is 0 Å². The Morgan fingerprint density at radius 1 is 1.53 bits per heavy atom. The number of piperidine rings is 1. The molecule has 1 aromatic rings. The number of benzene rings is 1. The maximum atomic E-state index is 13.8. The van der Waals surface area contributed by atoms with Crippen molar-refractivity contribution >= 4 is 21.8 Å². The summed E-state index contributed by atoms with van der Waals surface area (Å²) in [4.78, 5) is 14.2. The van der Waals surface area contributed by atoms with Gasteiger partial charge in [0.1, 0.15) is 5.82 Å². The Hall–Kier alpha value is -0.900. The maximum absolute atomic E-state index is 13.8. The van der Waals surface area contributed by atoms with Crippen molar-refractivity contribution in [1.29, 1.82) is 0 Å². The first-order chi connectivity index (χ1) is 9.11. The van der Waals surface area contributed by atoms with Gasteiger partial charge < -0.3 is 4.90 Å². The summed E-state index contributed by atoms with van der Waals surface area (Å²) in [6.45, 7) is 3.36. The van der Waals surface area contributed by atoms with Crippen molar-refractivity contribution in [3.8, 4) is 0 Å². The molecule has 1 heterocycles. The molecule has 104 valence electrons. The van der Waals surface area contributed by atoms with E-state index in [4.69, 9.17) is 0 Å². The van der Waals surface area contributed by atoms with Crippen molar-refractivity contribution in [3.63, 3.8) is 0 Å². The van der Waals surface area contributed by atoms with Crippen LogP contribution >= 0.6 is 15.9 Å². The van der Waals surface area contributed by atoms with Crippen LogP contribution in [0.25, 0.3) is 0 Å². The van der Waals surface area contributed by atoms with E-state index in [2.05, 4.69) is 15.9 Å². The number of rotatable bonds is 3. The van der Waals surface area contributed by atoms with Gasteiger partial charge in [0.25, 0.3) is 5.91 Å². The van der Waals surface area contributed by atoms with Crippen LogP contribution in [-0.4, -0.2) is 29.2 Å². The second kappa shape index (κ2) is 6.51. The molecule has 1 atom stereocenters. The molecule has 1 amide bonds. The quantitative estimate of drug-likeness (QED) is 0.774. The van der Waals surface area contributed by atoms with Crippen LogP contribution in [0.4, 0.5) is 4.39 Å². The highest BCUT2D eigenvalue weighted by atomic mass is 79.9. The number of halogens is 2. The minimum absolute atomic E-state index is 0.166. The second-order valence-electron chi connectivity index (χ2n) is 5.22. The first kappa shape index (κ1) is 14.5. The van der Waals surface area contributed by atoms with Gasteiger partial charge in [0.05, 0.1) is 5.56 Å². The average Bonchev–Trinajstić information content (AvgIpc) is 2.41. The average molecular weight is 328 g/mol. The molecule has 4 heteroatoms. The molecule has 0 aliphatic carbocycles. The third-order valence-electron chi connectivity index (χ3n) is 3.68. The predicted molar refractivity (Wildman–Crippen MR) is 78.2 cm³/mol. The lowest BCUT2D eigenvalue weighted by Crippen LogP contribution is -2.40. The second-order valence-corrected chi connectivity index (χ2v) is 6.01. The molecule has 1 aliphatic rings. The Morgan fingerprint density at radius 3 is 3.05 bits per heavy atom. The fourth-order valence-electron chi connectivity index (χ4n) is 2.61. The molecular weight excluding hydrogens is 309 g/mol. The maximum Gasteiger partial charge on any atom is 0.256 e. The smallest absolute Gasteiger partial charge is 0.256 e. The van der Waals surface area contributed by atoms with E-state index < -0.39 is 5.82 Å². The summed E-state index contributed by atoms with van der Waals surface area (Å²) >= 11 is 3.44. The van der Waals surface area contributed by atoms with Gasteiger partial charge in [-0.25, -0.2) is 4.39 Å². The number of alkyl halides is 1. The highest BCUT2D eigenvalue weighted by Gasteiger charge is 2.25. The first-order valence-corrected chi connectivity index (χ1v) is 7.85. The molecule has 1 aliphatic heterocycles. The van der Waals surface area contributed by atoms with Gasteiger partial charge in [-0.15, -0.1) is 0 Å². The van der Waals surface area contributed by atoms with Crippen molar-refractivity contribution in [2.75, 3.05) is 18.4 Å². The van der Waals surface area contributed by atoms with Crippen molar-refractivity contribution in [2.45, 2.75) is 26.2 Å². The van der Waals surface area contributed by atoms with Crippen molar-refractivity contribution in [3.05, 3.63) is 35.1 Å². The minimum Gasteiger partial charge on any atom is -0.338 e. The summed E-state index contributed by atoms with van der Waals surface area (Å²) < 4.78 is 13.8. The number of nitrogens with zero attached hydrogens (tertiary/aromatic N) is 1. The molecule has 1 aromatic carbocycles. The van der Waals surface area contributed by atoms with E-state index in [1.165, 1.54) is 6.07 Å². The number of likely N-dealkylation sites (tertiary alicyclic amines) is 1. The van der Waals surface area contributed by atoms with Crippen molar-refractivity contribution in [1.82, 2.24) is 4.90 Å². The molecule has 1 fully saturated rings. The standard InChI is InChI=1S/C15H19BrFNO/c1-11-4-5-14(17)13(9-11)15(19)18-8-2-3-12(10-18)6-7-16/h4-5,9,12H,2-3,6-8,10H2,1H3. The summed E-state index contributed by atoms with van der Waals surface area (Å²) in [5.41, 5.74) is 1.12. The summed E-state index contributed by atoms with van der Waals surface area (Å²) in [7, 11) is 0. The van der Waals surface area contributed by atoms with Crippen LogP contribution < -0.4 is 0 Å². The van der Waals surface area contributed by atoms with E-state index in [1.54, 1.807) is 17.0 Å². The largest absolute Gasteiger partial charge is 0.338 e. The fraction of sp³-hybridized carbons (Fsp3) is 0.533. The number of hydrogen-bond donors (Lipinski definition) is 0. The van der Waals surface area contributed by atoms with Gasteiger partial charge in [-0.3, -0.25) is 4.79 Å². The van der Waals surface area contributed by atoms with Gasteiger partial charge in [0.15, 0.2) is 0 Å². The Bertz CT molecular complexity index is 461. The van der Waals surface area contributed by atoms with Crippen LogP contribution in [0.5, 0.6) is 0 Å². The van der Waals surface area contributed by atoms with Crippen LogP contribution in [0.15, 0.2) is 18.2 Å². The molecule has 0 aromatic heterocycles. The summed E-state index contributed by atoms with van der Waals surface area (Å²) in [5, 5.41) is 0.957. The summed E-state index contributed by atoms with van der Waals surface area (Å²) in [6, 6.07) is 4.71. The number of aryl methyl sites for hydroxylation is 1. The molecule has 2 rings (SSSR count). The van der Waals surface area contributed by atoms with Gasteiger partial charge in [-0.05, 0) is 44.2 Å². The third-order valence-corrected chi connectivity index (χ3v) is 4.13. The van der Waals surface area contributed by atoms with E-state index in [1.807, 2.05) is 6.92 Å². The normalized spacial score (nSPS) is 19.5. The van der Waals surface area contributed by atoms with Crippen LogP contribution in [-0.2, 0) is 0 Å². The minimum atomic E-state index is -0.418. The van der Waals surface area contributed by atoms with Crippen molar-refractivity contribution in [2.24, 2.45) is 5.92 Å². The molecule has 0 N–H and O–H groups in total. The highest BCUT2D eigenvalue weighted by Crippen LogP contribution is 2.23. The van der Waals surface area contributed by atoms with Crippen molar-refractivity contribution < 1.29 is 9.18 Å². The summed E-state index contributed by atoms with van der Waals surface area (Å²) in [6.07, 6.45) is 3.24. The summed E-state index contributed by atoms with van der Waals surface area (Å²) in [5.74, 6) is -0.0522. The number of carbonyl (C=O) groups excluding carboxylic acids is 1. The molecule has 19 heavy (non-hydrogen) atoms. The van der Waals surface area contributed by atoms with Crippen LogP contribution in [0, 0.1) is 18.7 Å². The zero-order valence-electron chi connectivity index (χ0n) is 11.2. The van der Waals surface area contributed by atoms with E-state index in [9.17, 15) is 9.18 Å². The number of amides is 1. The monoisotopic (exact) mass is 327 g/mol. The third kappa shape index (κ3) is 3.56. The fourth-order valence-corrected chi connectivity index (χ4v) is 3.26. The van der Waals surface area contributed by atoms with Gasteiger partial charge in [-0.2, -0.15) is 0 Å². The lowest BCUT2D eigenvalue weighted by atomic mass is 9.95. The molecule has 0 saturated carbocycles. The zero-order valence-corrected chi connectivity index (χ0v) is 12.7. The van der Waals surface area contributed by atoms with Crippen LogP contribution in [0.3, 0.4) is 0 Å². The lowest BCUT2D eigenvalue weighted by molar-refractivity contribution is 0.0667. The van der Waals surface area contributed by atoms with Crippen LogP contribution in [0.1, 0.15) is 35.2 Å². The van der Waals surface area contributed by atoms with Gasteiger partial charge in [-0.1, -0.05) is 27.6 Å². The molecule has 0 radical (unpaired) electrons. The predicted octanol–water partition coefficient (Wildman–Crippen LogP) is 3.77. The lowest BCUT2D eigenvalue weighted by Gasteiger charge is -2.32. The van der Waals surface area contributed by atoms with E-state index in [0.717, 1.165) is 43.2 Å². The Kier molecular flexibility index (Phi) is 4.97. The van der Waals surface area contributed by atoms with E-state index >= 15 is 0 Å². The molecule has 0 bridgehead atoms. The molecule has 0 spiro atoms. The zero-order chi connectivity index (χ0) is 13.8. The Morgan fingerprint density at radius 2 is 2.32 bits per heavy atom.